The topological polar surface area (TPSA) is 55.1 Å². The highest BCUT2D eigenvalue weighted by Crippen LogP contribution is 2.33. The van der Waals surface area contributed by atoms with Crippen LogP contribution in [0.3, 0.4) is 0 Å². The molecule has 4 nitrogen and oxygen atoms in total. The van der Waals surface area contributed by atoms with Crippen molar-refractivity contribution >= 4 is 17.6 Å². The molecule has 3 rings (SSSR count). The molecule has 158 valence electrons. The van der Waals surface area contributed by atoms with Crippen molar-refractivity contribution in [2.45, 2.75) is 40.5 Å². The van der Waals surface area contributed by atoms with Gasteiger partial charge in [0, 0.05) is 5.56 Å². The molecule has 0 aliphatic heterocycles. The molecule has 0 amide bonds. The van der Waals surface area contributed by atoms with Crippen LogP contribution in [0.5, 0.6) is 0 Å². The maximum Gasteiger partial charge on any atom is 0.339 e. The SMILES string of the molecule is CC(Cc1nn(-c2ccc(F)c(Cl)c2)c(-c2ccccc2)c1C(=O)O)CC(C)(C)C. The molecule has 6 heteroatoms. The van der Waals surface area contributed by atoms with Gasteiger partial charge in [-0.1, -0.05) is 69.6 Å². The smallest absolute Gasteiger partial charge is 0.339 e. The van der Waals surface area contributed by atoms with E-state index in [0.717, 1.165) is 12.0 Å². The monoisotopic (exact) mass is 428 g/mol. The van der Waals surface area contributed by atoms with Gasteiger partial charge >= 0.3 is 5.97 Å². The van der Waals surface area contributed by atoms with Crippen LogP contribution in [0.15, 0.2) is 48.5 Å². The minimum Gasteiger partial charge on any atom is -0.478 e. The van der Waals surface area contributed by atoms with E-state index in [0.29, 0.717) is 23.5 Å². The summed E-state index contributed by atoms with van der Waals surface area (Å²) in [6.07, 6.45) is 1.46. The Morgan fingerprint density at radius 1 is 1.20 bits per heavy atom. The quantitative estimate of drug-likeness (QED) is 0.478. The minimum absolute atomic E-state index is 0.0402. The Labute approximate surface area is 181 Å². The minimum atomic E-state index is -1.04. The van der Waals surface area contributed by atoms with Crippen molar-refractivity contribution in [3.8, 4) is 16.9 Å². The van der Waals surface area contributed by atoms with Gasteiger partial charge in [-0.2, -0.15) is 5.10 Å². The third-order valence-electron chi connectivity index (χ3n) is 4.87. The predicted octanol–water partition coefficient (Wildman–Crippen LogP) is 6.64. The van der Waals surface area contributed by atoms with Gasteiger partial charge in [0.15, 0.2) is 0 Å². The van der Waals surface area contributed by atoms with E-state index in [-0.39, 0.29) is 21.9 Å². The first-order valence-corrected chi connectivity index (χ1v) is 10.3. The molecule has 0 fully saturated rings. The molecule has 1 unspecified atom stereocenters. The Bertz CT molecular complexity index is 1060. The second-order valence-corrected chi connectivity index (χ2v) is 9.33. The molecule has 30 heavy (non-hydrogen) atoms. The largest absolute Gasteiger partial charge is 0.478 e. The van der Waals surface area contributed by atoms with Gasteiger partial charge in [0.05, 0.1) is 22.1 Å². The van der Waals surface area contributed by atoms with Crippen LogP contribution in [0.1, 0.15) is 50.2 Å². The van der Waals surface area contributed by atoms with Crippen LogP contribution >= 0.6 is 11.6 Å². The number of benzene rings is 2. The second-order valence-electron chi connectivity index (χ2n) is 8.93. The van der Waals surface area contributed by atoms with E-state index in [1.54, 1.807) is 10.7 Å². The zero-order valence-corrected chi connectivity index (χ0v) is 18.4. The van der Waals surface area contributed by atoms with Crippen molar-refractivity contribution in [3.63, 3.8) is 0 Å². The van der Waals surface area contributed by atoms with Crippen molar-refractivity contribution in [3.05, 3.63) is 70.6 Å². The average Bonchev–Trinajstić information content (AvgIpc) is 3.02. The molecule has 1 heterocycles. The van der Waals surface area contributed by atoms with Crippen molar-refractivity contribution < 1.29 is 14.3 Å². The number of rotatable bonds is 6. The molecule has 1 atom stereocenters. The highest BCUT2D eigenvalue weighted by atomic mass is 35.5. The fraction of sp³-hybridized carbons (Fsp3) is 0.333. The lowest BCUT2D eigenvalue weighted by Crippen LogP contribution is -2.14. The zero-order chi connectivity index (χ0) is 22.1. The summed E-state index contributed by atoms with van der Waals surface area (Å²) in [6.45, 7) is 8.59. The summed E-state index contributed by atoms with van der Waals surface area (Å²) in [5, 5.41) is 14.7. The van der Waals surface area contributed by atoms with Gasteiger partial charge in [-0.3, -0.25) is 0 Å². The number of halogens is 2. The molecule has 1 aromatic heterocycles. The molecule has 0 saturated heterocycles. The lowest BCUT2D eigenvalue weighted by molar-refractivity contribution is 0.0696. The lowest BCUT2D eigenvalue weighted by Gasteiger charge is -2.22. The maximum absolute atomic E-state index is 13.7. The number of carboxylic acid groups (broad SMARTS) is 1. The van der Waals surface area contributed by atoms with E-state index in [2.05, 4.69) is 32.8 Å². The first-order chi connectivity index (χ1) is 14.1. The van der Waals surface area contributed by atoms with E-state index >= 15 is 0 Å². The third-order valence-corrected chi connectivity index (χ3v) is 5.16. The van der Waals surface area contributed by atoms with E-state index in [4.69, 9.17) is 11.6 Å². The molecule has 0 bridgehead atoms. The van der Waals surface area contributed by atoms with E-state index in [9.17, 15) is 14.3 Å². The number of carboxylic acids is 1. The summed E-state index contributed by atoms with van der Waals surface area (Å²) >= 11 is 6.00. The van der Waals surface area contributed by atoms with Crippen LogP contribution in [0, 0.1) is 17.2 Å². The first kappa shape index (κ1) is 22.0. The summed E-state index contributed by atoms with van der Waals surface area (Å²) in [6, 6.07) is 13.5. The Balaban J connectivity index is 2.20. The van der Waals surface area contributed by atoms with Gasteiger partial charge in [-0.15, -0.1) is 0 Å². The van der Waals surface area contributed by atoms with Crippen LogP contribution in [0.2, 0.25) is 5.02 Å². The van der Waals surface area contributed by atoms with Crippen LogP contribution in [0.25, 0.3) is 16.9 Å². The molecule has 1 N–H and O–H groups in total. The summed E-state index contributed by atoms with van der Waals surface area (Å²) < 4.78 is 15.3. The maximum atomic E-state index is 13.7. The average molecular weight is 429 g/mol. The van der Waals surface area contributed by atoms with Gasteiger partial charge in [-0.25, -0.2) is 13.9 Å². The Kier molecular flexibility index (Phi) is 6.32. The van der Waals surface area contributed by atoms with Crippen molar-refractivity contribution in [2.24, 2.45) is 11.3 Å². The Morgan fingerprint density at radius 3 is 2.43 bits per heavy atom. The van der Waals surface area contributed by atoms with Gasteiger partial charge < -0.3 is 5.11 Å². The predicted molar refractivity (Wildman–Crippen MR) is 118 cm³/mol. The van der Waals surface area contributed by atoms with Gasteiger partial charge in [0.25, 0.3) is 0 Å². The highest BCUT2D eigenvalue weighted by molar-refractivity contribution is 6.30. The van der Waals surface area contributed by atoms with Gasteiger partial charge in [-0.05, 0) is 42.4 Å². The first-order valence-electron chi connectivity index (χ1n) is 9.93. The highest BCUT2D eigenvalue weighted by Gasteiger charge is 2.27. The van der Waals surface area contributed by atoms with Crippen LogP contribution in [0.4, 0.5) is 4.39 Å². The number of carbonyl (C=O) groups is 1. The van der Waals surface area contributed by atoms with Crippen molar-refractivity contribution in [1.82, 2.24) is 9.78 Å². The zero-order valence-electron chi connectivity index (χ0n) is 17.6. The van der Waals surface area contributed by atoms with E-state index in [1.807, 2.05) is 30.3 Å². The standard InChI is InChI=1S/C24H26ClFN2O2/c1-15(14-24(2,3)4)12-20-21(23(29)30)22(16-8-6-5-7-9-16)28(27-20)17-10-11-19(26)18(25)13-17/h5-11,13,15H,12,14H2,1-4H3,(H,29,30). The van der Waals surface area contributed by atoms with Crippen molar-refractivity contribution in [1.29, 1.82) is 0 Å². The van der Waals surface area contributed by atoms with Crippen LogP contribution in [-0.4, -0.2) is 20.9 Å². The summed E-state index contributed by atoms with van der Waals surface area (Å²) in [4.78, 5) is 12.3. The second kappa shape index (κ2) is 8.60. The molecular formula is C24H26ClFN2O2. The van der Waals surface area contributed by atoms with Crippen LogP contribution < -0.4 is 0 Å². The number of hydrogen-bond donors (Lipinski definition) is 1. The summed E-state index contributed by atoms with van der Waals surface area (Å²) in [7, 11) is 0. The molecule has 0 saturated carbocycles. The molecule has 2 aromatic carbocycles. The van der Waals surface area contributed by atoms with Crippen LogP contribution in [-0.2, 0) is 6.42 Å². The molecule has 0 aliphatic rings. The molecule has 0 aliphatic carbocycles. The molecule has 0 radical (unpaired) electrons. The number of aromatic nitrogens is 2. The Morgan fingerprint density at radius 2 is 1.87 bits per heavy atom. The molecule has 3 aromatic rings. The summed E-state index contributed by atoms with van der Waals surface area (Å²) in [5.41, 5.74) is 2.50. The molecular weight excluding hydrogens is 403 g/mol. The number of hydrogen-bond acceptors (Lipinski definition) is 2. The van der Waals surface area contributed by atoms with Gasteiger partial charge in [0.2, 0.25) is 0 Å². The van der Waals surface area contributed by atoms with E-state index < -0.39 is 11.8 Å². The fourth-order valence-corrected chi connectivity index (χ4v) is 4.12. The third kappa shape index (κ3) is 4.90. The summed E-state index contributed by atoms with van der Waals surface area (Å²) in [5.74, 6) is -1.33. The fourth-order valence-electron chi connectivity index (χ4n) is 3.94. The van der Waals surface area contributed by atoms with Crippen molar-refractivity contribution in [2.75, 3.05) is 0 Å². The van der Waals surface area contributed by atoms with Gasteiger partial charge in [0.1, 0.15) is 11.4 Å². The Hall–Kier alpha value is -2.66. The molecule has 0 spiro atoms. The lowest BCUT2D eigenvalue weighted by atomic mass is 9.83. The number of nitrogens with zero attached hydrogens (tertiary/aromatic N) is 2. The normalized spacial score (nSPS) is 12.7. The number of aromatic carboxylic acids is 1. The van der Waals surface area contributed by atoms with E-state index in [1.165, 1.54) is 12.1 Å².